The van der Waals surface area contributed by atoms with Gasteiger partial charge >= 0.3 is 5.97 Å². The number of esters is 1. The van der Waals surface area contributed by atoms with Crippen molar-refractivity contribution in [2.24, 2.45) is 0 Å². The van der Waals surface area contributed by atoms with Gasteiger partial charge in [0.1, 0.15) is 0 Å². The maximum atomic E-state index is 10.4. The van der Waals surface area contributed by atoms with E-state index in [-0.39, 0.29) is 6.42 Å². The SMILES string of the molecule is CC(=O)OC(Br)CC(Cl)(Cl)Cl. The first kappa shape index (κ1) is 11.8. The minimum Gasteiger partial charge on any atom is -0.451 e. The van der Waals surface area contributed by atoms with Crippen molar-refractivity contribution in [2.75, 3.05) is 0 Å². The van der Waals surface area contributed by atoms with Crippen molar-refractivity contribution in [3.8, 4) is 0 Å². The minimum absolute atomic E-state index is 0.122. The van der Waals surface area contributed by atoms with Crippen LogP contribution in [0.4, 0.5) is 0 Å². The van der Waals surface area contributed by atoms with Crippen LogP contribution in [-0.2, 0) is 9.53 Å². The predicted octanol–water partition coefficient (Wildman–Crippen LogP) is 3.03. The quantitative estimate of drug-likeness (QED) is 0.575. The van der Waals surface area contributed by atoms with Crippen molar-refractivity contribution in [3.05, 3.63) is 0 Å². The van der Waals surface area contributed by atoms with Gasteiger partial charge in [0.15, 0.2) is 8.81 Å². The number of carbonyl (C=O) groups excluding carboxylic acids is 1. The zero-order valence-corrected chi connectivity index (χ0v) is 9.47. The van der Waals surface area contributed by atoms with Crippen LogP contribution in [0.2, 0.25) is 0 Å². The molecular weight excluding hydrogens is 278 g/mol. The molecule has 0 aromatic rings. The van der Waals surface area contributed by atoms with E-state index in [1.165, 1.54) is 6.92 Å². The monoisotopic (exact) mass is 282 g/mol. The van der Waals surface area contributed by atoms with Crippen molar-refractivity contribution in [3.63, 3.8) is 0 Å². The second-order valence-corrected chi connectivity index (χ2v) is 5.38. The Kier molecular flexibility index (Phi) is 5.10. The van der Waals surface area contributed by atoms with Gasteiger partial charge < -0.3 is 4.74 Å². The van der Waals surface area contributed by atoms with E-state index in [1.807, 2.05) is 0 Å². The van der Waals surface area contributed by atoms with Gasteiger partial charge in [0, 0.05) is 13.3 Å². The van der Waals surface area contributed by atoms with E-state index in [1.54, 1.807) is 0 Å². The van der Waals surface area contributed by atoms with Gasteiger partial charge in [-0.05, 0) is 15.9 Å². The standard InChI is InChI=1S/C5H6BrCl3O2/c1-3(10)11-4(6)2-5(7,8)9/h4H,2H2,1H3. The van der Waals surface area contributed by atoms with Crippen LogP contribution in [0, 0.1) is 0 Å². The first-order valence-corrected chi connectivity index (χ1v) is 4.74. The van der Waals surface area contributed by atoms with Gasteiger partial charge in [0.05, 0.1) is 0 Å². The van der Waals surface area contributed by atoms with Crippen molar-refractivity contribution >= 4 is 56.7 Å². The molecule has 0 heterocycles. The van der Waals surface area contributed by atoms with Gasteiger partial charge in [-0.1, -0.05) is 34.8 Å². The van der Waals surface area contributed by atoms with Crippen molar-refractivity contribution < 1.29 is 9.53 Å². The summed E-state index contributed by atoms with van der Waals surface area (Å²) in [7, 11) is 0. The summed E-state index contributed by atoms with van der Waals surface area (Å²) in [5, 5.41) is -0.549. The zero-order chi connectivity index (χ0) is 9.07. The normalized spacial score (nSPS) is 14.3. The number of alkyl halides is 4. The second-order valence-electron chi connectivity index (χ2n) is 1.84. The average Bonchev–Trinajstić information content (AvgIpc) is 1.53. The lowest BCUT2D eigenvalue weighted by Crippen LogP contribution is -2.16. The van der Waals surface area contributed by atoms with Crippen LogP contribution >= 0.6 is 50.7 Å². The van der Waals surface area contributed by atoms with E-state index >= 15 is 0 Å². The van der Waals surface area contributed by atoms with Crippen LogP contribution in [-0.4, -0.2) is 14.8 Å². The third kappa shape index (κ3) is 8.73. The summed E-state index contributed by atoms with van der Waals surface area (Å²) in [6.45, 7) is 1.28. The molecule has 0 aromatic carbocycles. The maximum Gasteiger partial charge on any atom is 0.303 e. The summed E-state index contributed by atoms with van der Waals surface area (Å²) in [5.74, 6) is -0.416. The van der Waals surface area contributed by atoms with E-state index in [9.17, 15) is 4.79 Å². The molecule has 0 aliphatic rings. The smallest absolute Gasteiger partial charge is 0.303 e. The molecule has 11 heavy (non-hydrogen) atoms. The van der Waals surface area contributed by atoms with E-state index in [0.29, 0.717) is 0 Å². The Morgan fingerprint density at radius 1 is 1.64 bits per heavy atom. The predicted molar refractivity (Wildman–Crippen MR) is 49.4 cm³/mol. The highest BCUT2D eigenvalue weighted by molar-refractivity contribution is 9.09. The highest BCUT2D eigenvalue weighted by Gasteiger charge is 2.25. The summed E-state index contributed by atoms with van der Waals surface area (Å²) >= 11 is 19.3. The van der Waals surface area contributed by atoms with Gasteiger partial charge in [0.25, 0.3) is 0 Å². The molecule has 6 heteroatoms. The first-order valence-electron chi connectivity index (χ1n) is 2.69. The fraction of sp³-hybridized carbons (Fsp3) is 0.800. The van der Waals surface area contributed by atoms with Crippen LogP contribution < -0.4 is 0 Å². The zero-order valence-electron chi connectivity index (χ0n) is 5.61. The molecule has 1 atom stereocenters. The molecule has 0 aliphatic carbocycles. The number of hydrogen-bond donors (Lipinski definition) is 0. The minimum atomic E-state index is -1.40. The molecule has 0 saturated heterocycles. The number of hydrogen-bond acceptors (Lipinski definition) is 2. The Labute approximate surface area is 88.3 Å². The van der Waals surface area contributed by atoms with Crippen LogP contribution in [0.25, 0.3) is 0 Å². The van der Waals surface area contributed by atoms with Gasteiger partial charge in [-0.2, -0.15) is 0 Å². The molecule has 0 spiro atoms. The number of carbonyl (C=O) groups is 1. The lowest BCUT2D eigenvalue weighted by atomic mass is 10.5. The Bertz CT molecular complexity index is 145. The Morgan fingerprint density at radius 2 is 2.09 bits per heavy atom. The molecule has 0 fully saturated rings. The number of ether oxygens (including phenoxy) is 1. The molecule has 0 bridgehead atoms. The molecule has 66 valence electrons. The fourth-order valence-corrected chi connectivity index (χ4v) is 2.13. The second kappa shape index (κ2) is 4.75. The highest BCUT2D eigenvalue weighted by Crippen LogP contribution is 2.33. The maximum absolute atomic E-state index is 10.4. The van der Waals surface area contributed by atoms with E-state index < -0.39 is 14.8 Å². The Hall–Kier alpha value is 0.820. The molecule has 1 unspecified atom stereocenters. The summed E-state index contributed by atoms with van der Waals surface area (Å²) < 4.78 is 3.25. The van der Waals surface area contributed by atoms with Gasteiger partial charge in [-0.15, -0.1) is 0 Å². The van der Waals surface area contributed by atoms with Crippen LogP contribution in [0.15, 0.2) is 0 Å². The average molecular weight is 284 g/mol. The Balaban J connectivity index is 3.69. The summed E-state index contributed by atoms with van der Waals surface area (Å²) in [6, 6.07) is 0. The summed E-state index contributed by atoms with van der Waals surface area (Å²) in [6.07, 6.45) is 0.122. The molecular formula is C5H6BrCl3O2. The molecule has 0 N–H and O–H groups in total. The van der Waals surface area contributed by atoms with Gasteiger partial charge in [0.2, 0.25) is 0 Å². The number of rotatable bonds is 2. The summed E-state index contributed by atoms with van der Waals surface area (Å²) in [5.41, 5.74) is 0. The lowest BCUT2D eigenvalue weighted by Gasteiger charge is -2.15. The van der Waals surface area contributed by atoms with E-state index in [0.717, 1.165) is 0 Å². The Morgan fingerprint density at radius 3 is 2.36 bits per heavy atom. The molecule has 0 radical (unpaired) electrons. The molecule has 0 aromatic heterocycles. The van der Waals surface area contributed by atoms with Crippen LogP contribution in [0.5, 0.6) is 0 Å². The molecule has 0 rings (SSSR count). The van der Waals surface area contributed by atoms with Crippen molar-refractivity contribution in [1.29, 1.82) is 0 Å². The fourth-order valence-electron chi connectivity index (χ4n) is 0.404. The molecule has 0 saturated carbocycles. The largest absolute Gasteiger partial charge is 0.451 e. The first-order chi connectivity index (χ1) is 4.81. The molecule has 0 aliphatic heterocycles. The van der Waals surface area contributed by atoms with Crippen LogP contribution in [0.1, 0.15) is 13.3 Å². The van der Waals surface area contributed by atoms with E-state index in [2.05, 4.69) is 20.7 Å². The highest BCUT2D eigenvalue weighted by atomic mass is 79.9. The summed E-state index contributed by atoms with van der Waals surface area (Å²) in [4.78, 5) is 10.4. The van der Waals surface area contributed by atoms with E-state index in [4.69, 9.17) is 34.8 Å². The third-order valence-electron chi connectivity index (χ3n) is 0.686. The van der Waals surface area contributed by atoms with Crippen LogP contribution in [0.3, 0.4) is 0 Å². The van der Waals surface area contributed by atoms with Crippen molar-refractivity contribution in [1.82, 2.24) is 0 Å². The third-order valence-corrected chi connectivity index (χ3v) is 1.66. The lowest BCUT2D eigenvalue weighted by molar-refractivity contribution is -0.142. The topological polar surface area (TPSA) is 26.3 Å². The van der Waals surface area contributed by atoms with Crippen molar-refractivity contribution in [2.45, 2.75) is 22.2 Å². The molecule has 2 nitrogen and oxygen atoms in total. The molecule has 0 amide bonds. The van der Waals surface area contributed by atoms with Gasteiger partial charge in [-0.3, -0.25) is 4.79 Å². The number of halogens is 4. The van der Waals surface area contributed by atoms with Gasteiger partial charge in [-0.25, -0.2) is 0 Å².